The molecule has 1 amide bonds. The van der Waals surface area contributed by atoms with E-state index >= 15 is 0 Å². The monoisotopic (exact) mass is 206 g/mol. The fourth-order valence-electron chi connectivity index (χ4n) is 1.46. The molecule has 5 heteroatoms. The molecular weight excluding hydrogens is 192 g/mol. The van der Waals surface area contributed by atoms with Crippen LogP contribution in [0, 0.1) is 5.92 Å². The third-order valence-corrected chi connectivity index (χ3v) is 2.48. The number of anilines is 1. The van der Waals surface area contributed by atoms with Gasteiger partial charge in [-0.2, -0.15) is 0 Å². The Labute approximate surface area is 88.1 Å². The Balaban J connectivity index is 1.81. The number of aromatic nitrogens is 2. The van der Waals surface area contributed by atoms with E-state index in [4.69, 9.17) is 5.73 Å². The fraction of sp³-hybridized carbons (Fsp3) is 0.500. The van der Waals surface area contributed by atoms with E-state index in [2.05, 4.69) is 15.3 Å². The molecule has 1 fully saturated rings. The summed E-state index contributed by atoms with van der Waals surface area (Å²) in [5.41, 5.74) is 5.84. The Hall–Kier alpha value is -1.49. The highest BCUT2D eigenvalue weighted by atomic mass is 16.1. The number of nitrogens with one attached hydrogen (secondary N) is 1. The zero-order valence-electron chi connectivity index (χ0n) is 8.39. The summed E-state index contributed by atoms with van der Waals surface area (Å²) in [6.07, 6.45) is 7.28. The van der Waals surface area contributed by atoms with Gasteiger partial charge < -0.3 is 11.1 Å². The molecule has 1 saturated carbocycles. The number of carbonyl (C=O) groups excluding carboxylic acids is 1. The molecule has 3 N–H and O–H groups in total. The molecule has 5 nitrogen and oxygen atoms in total. The summed E-state index contributed by atoms with van der Waals surface area (Å²) >= 11 is 0. The maximum atomic E-state index is 11.5. The largest absolute Gasteiger partial charge is 0.327 e. The van der Waals surface area contributed by atoms with Crippen LogP contribution in [0.15, 0.2) is 18.6 Å². The first-order chi connectivity index (χ1) is 7.25. The molecule has 2 rings (SSSR count). The third kappa shape index (κ3) is 2.99. The molecule has 0 radical (unpaired) electrons. The summed E-state index contributed by atoms with van der Waals surface area (Å²) in [7, 11) is 0. The number of hydrogen-bond acceptors (Lipinski definition) is 4. The molecule has 1 aliphatic rings. The first kappa shape index (κ1) is 10.0. The predicted octanol–water partition coefficient (Wildman–Crippen LogP) is 0.542. The zero-order valence-corrected chi connectivity index (χ0v) is 8.39. The van der Waals surface area contributed by atoms with E-state index in [9.17, 15) is 4.79 Å². The summed E-state index contributed by atoms with van der Waals surface area (Å²) in [5, 5.41) is 2.66. The number of nitrogens with zero attached hydrogens (tertiary/aromatic N) is 2. The van der Waals surface area contributed by atoms with Crippen molar-refractivity contribution in [1.82, 2.24) is 9.97 Å². The van der Waals surface area contributed by atoms with Crippen LogP contribution in [0.1, 0.15) is 19.3 Å². The van der Waals surface area contributed by atoms with Crippen molar-refractivity contribution in [2.45, 2.75) is 25.3 Å². The van der Waals surface area contributed by atoms with E-state index in [0.29, 0.717) is 18.2 Å². The van der Waals surface area contributed by atoms with Crippen LogP contribution in [-0.4, -0.2) is 21.9 Å². The minimum atomic E-state index is -0.0881. The fourth-order valence-corrected chi connectivity index (χ4v) is 1.46. The van der Waals surface area contributed by atoms with Crippen molar-refractivity contribution in [2.75, 3.05) is 5.32 Å². The van der Waals surface area contributed by atoms with Gasteiger partial charge in [-0.3, -0.25) is 9.78 Å². The molecular formula is C10H14N4O. The lowest BCUT2D eigenvalue weighted by Crippen LogP contribution is -2.29. The molecule has 0 aliphatic heterocycles. The average Bonchev–Trinajstić information content (AvgIpc) is 3.01. The van der Waals surface area contributed by atoms with Gasteiger partial charge in [-0.05, 0) is 18.8 Å². The van der Waals surface area contributed by atoms with Crippen LogP contribution in [0.4, 0.5) is 5.82 Å². The second kappa shape index (κ2) is 4.35. The summed E-state index contributed by atoms with van der Waals surface area (Å²) in [4.78, 5) is 19.3. The normalized spacial score (nSPS) is 17.1. The van der Waals surface area contributed by atoms with Gasteiger partial charge in [0.05, 0.1) is 6.20 Å². The van der Waals surface area contributed by atoms with E-state index in [1.165, 1.54) is 12.4 Å². The van der Waals surface area contributed by atoms with Crippen molar-refractivity contribution in [3.05, 3.63) is 18.6 Å². The first-order valence-corrected chi connectivity index (χ1v) is 5.07. The lowest BCUT2D eigenvalue weighted by Gasteiger charge is -2.09. The van der Waals surface area contributed by atoms with E-state index in [1.54, 1.807) is 6.20 Å². The average molecular weight is 206 g/mol. The minimum Gasteiger partial charge on any atom is -0.327 e. The maximum Gasteiger partial charge on any atom is 0.227 e. The van der Waals surface area contributed by atoms with Crippen LogP contribution < -0.4 is 11.1 Å². The highest BCUT2D eigenvalue weighted by Crippen LogP contribution is 2.32. The van der Waals surface area contributed by atoms with Crippen molar-refractivity contribution in [3.8, 4) is 0 Å². The Morgan fingerprint density at radius 2 is 2.40 bits per heavy atom. The molecule has 1 unspecified atom stereocenters. The van der Waals surface area contributed by atoms with E-state index in [0.717, 1.165) is 12.8 Å². The lowest BCUT2D eigenvalue weighted by atomic mass is 10.1. The third-order valence-electron chi connectivity index (χ3n) is 2.48. The molecule has 1 heterocycles. The second-order valence-corrected chi connectivity index (χ2v) is 3.84. The van der Waals surface area contributed by atoms with Gasteiger partial charge >= 0.3 is 0 Å². The Bertz CT molecular complexity index is 337. The molecule has 1 aliphatic carbocycles. The summed E-state index contributed by atoms with van der Waals surface area (Å²) in [6, 6.07) is -0.0123. The maximum absolute atomic E-state index is 11.5. The smallest absolute Gasteiger partial charge is 0.227 e. The lowest BCUT2D eigenvalue weighted by molar-refractivity contribution is -0.116. The minimum absolute atomic E-state index is 0.0123. The highest BCUT2D eigenvalue weighted by Gasteiger charge is 2.29. The first-order valence-electron chi connectivity index (χ1n) is 5.07. The van der Waals surface area contributed by atoms with Crippen molar-refractivity contribution in [1.29, 1.82) is 0 Å². The topological polar surface area (TPSA) is 80.9 Å². The van der Waals surface area contributed by atoms with Crippen LogP contribution in [0.25, 0.3) is 0 Å². The summed E-state index contributed by atoms with van der Waals surface area (Å²) in [6.45, 7) is 0. The SMILES string of the molecule is NC(CC(=O)Nc1cnccn1)C1CC1. The van der Waals surface area contributed by atoms with Gasteiger partial charge in [0, 0.05) is 24.9 Å². The van der Waals surface area contributed by atoms with E-state index in [-0.39, 0.29) is 11.9 Å². The van der Waals surface area contributed by atoms with Gasteiger partial charge in [0.15, 0.2) is 5.82 Å². The number of amides is 1. The molecule has 0 aromatic carbocycles. The Kier molecular flexibility index (Phi) is 2.91. The van der Waals surface area contributed by atoms with Gasteiger partial charge in [0.2, 0.25) is 5.91 Å². The molecule has 0 bridgehead atoms. The standard InChI is InChI=1S/C10H14N4O/c11-8(7-1-2-7)5-10(15)14-9-6-12-3-4-13-9/h3-4,6-8H,1-2,5,11H2,(H,13,14,15). The molecule has 15 heavy (non-hydrogen) atoms. The van der Waals surface area contributed by atoms with Crippen LogP contribution >= 0.6 is 0 Å². The quantitative estimate of drug-likeness (QED) is 0.753. The van der Waals surface area contributed by atoms with Crippen molar-refractivity contribution in [3.63, 3.8) is 0 Å². The second-order valence-electron chi connectivity index (χ2n) is 3.84. The molecule has 0 spiro atoms. The number of carbonyl (C=O) groups is 1. The highest BCUT2D eigenvalue weighted by molar-refractivity contribution is 5.89. The van der Waals surface area contributed by atoms with Crippen molar-refractivity contribution in [2.24, 2.45) is 11.7 Å². The number of nitrogens with two attached hydrogens (primary N) is 1. The van der Waals surface area contributed by atoms with Crippen LogP contribution in [0.2, 0.25) is 0 Å². The van der Waals surface area contributed by atoms with Gasteiger partial charge in [0.1, 0.15) is 0 Å². The molecule has 80 valence electrons. The number of rotatable bonds is 4. The van der Waals surface area contributed by atoms with E-state index in [1.807, 2.05) is 0 Å². The zero-order chi connectivity index (χ0) is 10.7. The van der Waals surface area contributed by atoms with Gasteiger partial charge in [-0.25, -0.2) is 4.98 Å². The Morgan fingerprint density at radius 3 is 3.00 bits per heavy atom. The molecule has 1 aromatic heterocycles. The van der Waals surface area contributed by atoms with Gasteiger partial charge in [0.25, 0.3) is 0 Å². The molecule has 1 atom stereocenters. The van der Waals surface area contributed by atoms with Crippen LogP contribution in [-0.2, 0) is 4.79 Å². The predicted molar refractivity (Wildman–Crippen MR) is 56.0 cm³/mol. The van der Waals surface area contributed by atoms with Crippen molar-refractivity contribution >= 4 is 11.7 Å². The van der Waals surface area contributed by atoms with Gasteiger partial charge in [-0.15, -0.1) is 0 Å². The number of hydrogen-bond donors (Lipinski definition) is 2. The summed E-state index contributed by atoms with van der Waals surface area (Å²) < 4.78 is 0. The molecule has 1 aromatic rings. The molecule has 0 saturated heterocycles. The van der Waals surface area contributed by atoms with Crippen molar-refractivity contribution < 1.29 is 4.79 Å². The van der Waals surface area contributed by atoms with Crippen LogP contribution in [0.3, 0.4) is 0 Å². The Morgan fingerprint density at radius 1 is 1.60 bits per heavy atom. The van der Waals surface area contributed by atoms with Gasteiger partial charge in [-0.1, -0.05) is 0 Å². The summed E-state index contributed by atoms with van der Waals surface area (Å²) in [5.74, 6) is 0.929. The van der Waals surface area contributed by atoms with E-state index < -0.39 is 0 Å². The van der Waals surface area contributed by atoms with Crippen LogP contribution in [0.5, 0.6) is 0 Å².